The molecule has 1 amide bonds. The molecule has 0 saturated carbocycles. The first-order valence-corrected chi connectivity index (χ1v) is 9.62. The first-order valence-electron chi connectivity index (χ1n) is 9.62. The lowest BCUT2D eigenvalue weighted by atomic mass is 10.1. The fourth-order valence-corrected chi connectivity index (χ4v) is 3.37. The Balaban J connectivity index is 1.76. The van der Waals surface area contributed by atoms with Gasteiger partial charge in [0.25, 0.3) is 5.91 Å². The number of hydrogen-bond donors (Lipinski definition) is 3. The summed E-state index contributed by atoms with van der Waals surface area (Å²) in [6.07, 6.45) is 0. The Morgan fingerprint density at radius 2 is 1.66 bits per heavy atom. The number of benzene rings is 3. The van der Waals surface area contributed by atoms with Gasteiger partial charge in [0.1, 0.15) is 17.3 Å². The Hall–Kier alpha value is -4.40. The molecule has 0 saturated heterocycles. The van der Waals surface area contributed by atoms with Gasteiger partial charge in [-0.15, -0.1) is 5.10 Å². The van der Waals surface area contributed by atoms with Crippen molar-refractivity contribution in [3.8, 4) is 34.6 Å². The van der Waals surface area contributed by atoms with Crippen LogP contribution in [0.25, 0.3) is 17.1 Å². The Morgan fingerprint density at radius 3 is 2.38 bits per heavy atom. The second kappa shape index (κ2) is 8.38. The highest BCUT2D eigenvalue weighted by Crippen LogP contribution is 2.37. The van der Waals surface area contributed by atoms with Crippen molar-refractivity contribution >= 4 is 5.91 Å². The predicted octanol–water partition coefficient (Wildman–Crippen LogP) is 3.46. The van der Waals surface area contributed by atoms with Gasteiger partial charge in [-0.05, 0) is 23.8 Å². The molecular weight excluding hydrogens is 415 g/mol. The fraction of sp³-hybridized carbons (Fsp3) is 0.0870. The fourth-order valence-electron chi connectivity index (χ4n) is 3.37. The third-order valence-electron chi connectivity index (χ3n) is 4.93. The monoisotopic (exact) mass is 434 g/mol. The number of aromatic hydroxyl groups is 3. The minimum atomic E-state index is -0.652. The summed E-state index contributed by atoms with van der Waals surface area (Å²) in [4.78, 5) is 14.4. The van der Waals surface area contributed by atoms with Crippen LogP contribution in [0.4, 0.5) is 4.39 Å². The zero-order valence-electron chi connectivity index (χ0n) is 17.0. The van der Waals surface area contributed by atoms with Gasteiger partial charge >= 0.3 is 6.01 Å². The largest absolute Gasteiger partial charge is 0.507 e. The molecule has 0 atom stereocenters. The van der Waals surface area contributed by atoms with Gasteiger partial charge in [-0.3, -0.25) is 4.79 Å². The third-order valence-corrected chi connectivity index (χ3v) is 4.93. The molecule has 0 fully saturated rings. The van der Waals surface area contributed by atoms with E-state index in [4.69, 9.17) is 0 Å². The smallest absolute Gasteiger partial charge is 0.319 e. The molecule has 9 heteroatoms. The molecule has 32 heavy (non-hydrogen) atoms. The Labute approximate surface area is 182 Å². The Morgan fingerprint density at radius 1 is 0.969 bits per heavy atom. The van der Waals surface area contributed by atoms with Gasteiger partial charge in [0.2, 0.25) is 0 Å². The van der Waals surface area contributed by atoms with Gasteiger partial charge in [-0.25, -0.2) is 8.96 Å². The van der Waals surface area contributed by atoms with E-state index in [1.807, 2.05) is 30.3 Å². The lowest BCUT2D eigenvalue weighted by Crippen LogP contribution is -2.26. The number of phenols is 2. The number of halogens is 1. The van der Waals surface area contributed by atoms with Gasteiger partial charge in [-0.1, -0.05) is 47.6 Å². The van der Waals surface area contributed by atoms with E-state index in [1.165, 1.54) is 29.2 Å². The van der Waals surface area contributed by atoms with Crippen molar-refractivity contribution in [3.05, 3.63) is 83.7 Å². The summed E-state index contributed by atoms with van der Waals surface area (Å²) in [7, 11) is 1.58. The number of phenolic OH excluding ortho intramolecular Hbond substituents is 2. The topological polar surface area (TPSA) is 112 Å². The summed E-state index contributed by atoms with van der Waals surface area (Å²) < 4.78 is 15.4. The van der Waals surface area contributed by atoms with Crippen LogP contribution in [0, 0.1) is 5.82 Å². The minimum Gasteiger partial charge on any atom is -0.507 e. The van der Waals surface area contributed by atoms with Crippen molar-refractivity contribution in [2.24, 2.45) is 0 Å². The number of carbonyl (C=O) groups excluding carboxylic acids is 1. The minimum absolute atomic E-state index is 0.0182. The van der Waals surface area contributed by atoms with Gasteiger partial charge in [-0.2, -0.15) is 0 Å². The molecule has 1 aromatic heterocycles. The summed E-state index contributed by atoms with van der Waals surface area (Å²) in [5.41, 5.74) is 0.728. The highest BCUT2D eigenvalue weighted by molar-refractivity contribution is 5.98. The molecular formula is C23H19FN4O4. The Kier molecular flexibility index (Phi) is 5.46. The summed E-state index contributed by atoms with van der Waals surface area (Å²) in [6.45, 7) is 0.293. The van der Waals surface area contributed by atoms with Crippen LogP contribution in [0.15, 0.2) is 66.7 Å². The number of hydrogen-bond acceptors (Lipinski definition) is 6. The Bertz CT molecular complexity index is 1290. The van der Waals surface area contributed by atoms with Crippen molar-refractivity contribution in [3.63, 3.8) is 0 Å². The van der Waals surface area contributed by atoms with Crippen LogP contribution in [0.1, 0.15) is 15.9 Å². The van der Waals surface area contributed by atoms with Crippen molar-refractivity contribution in [2.75, 3.05) is 7.05 Å². The van der Waals surface area contributed by atoms with Crippen LogP contribution < -0.4 is 0 Å². The van der Waals surface area contributed by atoms with E-state index < -0.39 is 29.2 Å². The molecule has 4 rings (SSSR count). The van der Waals surface area contributed by atoms with E-state index in [9.17, 15) is 24.5 Å². The molecule has 4 aromatic rings. The summed E-state index contributed by atoms with van der Waals surface area (Å²) in [5.74, 6) is -2.12. The van der Waals surface area contributed by atoms with Crippen LogP contribution in [0.3, 0.4) is 0 Å². The van der Waals surface area contributed by atoms with Gasteiger partial charge < -0.3 is 20.2 Å². The normalized spacial score (nSPS) is 10.8. The van der Waals surface area contributed by atoms with Crippen LogP contribution >= 0.6 is 0 Å². The zero-order valence-corrected chi connectivity index (χ0v) is 17.0. The van der Waals surface area contributed by atoms with Gasteiger partial charge in [0.05, 0.1) is 16.8 Å². The number of rotatable bonds is 5. The summed E-state index contributed by atoms with van der Waals surface area (Å²) in [5, 5.41) is 38.3. The van der Waals surface area contributed by atoms with Crippen LogP contribution in [0.2, 0.25) is 0 Å². The van der Waals surface area contributed by atoms with Crippen LogP contribution in [-0.2, 0) is 6.54 Å². The first kappa shape index (κ1) is 20.9. The van der Waals surface area contributed by atoms with Crippen molar-refractivity contribution in [2.45, 2.75) is 6.54 Å². The second-order valence-corrected chi connectivity index (χ2v) is 7.14. The van der Waals surface area contributed by atoms with E-state index in [1.54, 1.807) is 13.1 Å². The lowest BCUT2D eigenvalue weighted by Gasteiger charge is -2.19. The van der Waals surface area contributed by atoms with Gasteiger partial charge in [0, 0.05) is 19.7 Å². The quantitative estimate of drug-likeness (QED) is 0.444. The highest BCUT2D eigenvalue weighted by atomic mass is 19.1. The molecule has 0 aliphatic rings. The zero-order chi connectivity index (χ0) is 22.8. The number of amides is 1. The molecule has 162 valence electrons. The summed E-state index contributed by atoms with van der Waals surface area (Å²) in [6, 6.07) is 16.6. The van der Waals surface area contributed by atoms with Crippen molar-refractivity contribution < 1.29 is 24.5 Å². The standard InChI is InChI=1S/C23H19FN4O4/c1-27(13-14-7-3-2-4-8-14)22(31)16-11-15(19(29)12-20(16)30)21-25-26-23(32)28(21)18-10-6-5-9-17(18)24/h2-12,29-30H,13H2,1H3,(H,26,32). The first-order chi connectivity index (χ1) is 15.4. The molecule has 0 bridgehead atoms. The summed E-state index contributed by atoms with van der Waals surface area (Å²) >= 11 is 0. The molecule has 0 unspecified atom stereocenters. The van der Waals surface area contributed by atoms with Crippen molar-refractivity contribution in [1.82, 2.24) is 19.7 Å². The molecule has 0 aliphatic heterocycles. The van der Waals surface area contributed by atoms with E-state index in [2.05, 4.69) is 10.2 Å². The van der Waals surface area contributed by atoms with E-state index >= 15 is 0 Å². The molecule has 3 aromatic carbocycles. The molecule has 0 aliphatic carbocycles. The predicted molar refractivity (Wildman–Crippen MR) is 114 cm³/mol. The maximum atomic E-state index is 14.4. The van der Waals surface area contributed by atoms with Crippen LogP contribution in [-0.4, -0.2) is 47.9 Å². The lowest BCUT2D eigenvalue weighted by molar-refractivity contribution is 0.0782. The SMILES string of the molecule is CN(Cc1ccccc1)C(=O)c1cc(-c2nnc(O)n2-c2ccccc2F)c(O)cc1O. The number of nitrogens with zero attached hydrogens (tertiary/aromatic N) is 4. The average Bonchev–Trinajstić information content (AvgIpc) is 3.15. The molecule has 8 nitrogen and oxygen atoms in total. The van der Waals surface area contributed by atoms with Gasteiger partial charge in [0.15, 0.2) is 5.82 Å². The van der Waals surface area contributed by atoms with E-state index in [-0.39, 0.29) is 22.6 Å². The molecule has 3 N–H and O–H groups in total. The van der Waals surface area contributed by atoms with E-state index in [0.717, 1.165) is 16.2 Å². The maximum Gasteiger partial charge on any atom is 0.319 e. The second-order valence-electron chi connectivity index (χ2n) is 7.14. The number of carbonyl (C=O) groups is 1. The average molecular weight is 434 g/mol. The molecule has 1 heterocycles. The third kappa shape index (κ3) is 3.83. The van der Waals surface area contributed by atoms with Crippen LogP contribution in [0.5, 0.6) is 17.5 Å². The molecule has 0 radical (unpaired) electrons. The number of aromatic nitrogens is 3. The highest BCUT2D eigenvalue weighted by Gasteiger charge is 2.24. The van der Waals surface area contributed by atoms with Crippen molar-refractivity contribution in [1.29, 1.82) is 0 Å². The maximum absolute atomic E-state index is 14.4. The van der Waals surface area contributed by atoms with E-state index in [0.29, 0.717) is 6.54 Å². The number of para-hydroxylation sites is 1. The molecule has 0 spiro atoms.